The summed E-state index contributed by atoms with van der Waals surface area (Å²) in [5.74, 6) is -5.51. The molecular weight excluding hydrogens is 428 g/mol. The van der Waals surface area contributed by atoms with Crippen molar-refractivity contribution < 1.29 is 32.4 Å². The molecular formula is C23H16F4N2O3. The number of amides is 2. The molecule has 0 heterocycles. The van der Waals surface area contributed by atoms with E-state index in [9.17, 15) is 27.2 Å². The van der Waals surface area contributed by atoms with Crippen molar-refractivity contribution in [1.29, 1.82) is 0 Å². The highest BCUT2D eigenvalue weighted by atomic mass is 19.1. The number of rotatable bonds is 6. The van der Waals surface area contributed by atoms with Gasteiger partial charge in [0.15, 0.2) is 0 Å². The maximum Gasteiger partial charge on any atom is 0.274 e. The van der Waals surface area contributed by atoms with Crippen LogP contribution in [0.1, 0.15) is 27.0 Å². The Balaban J connectivity index is 1.89. The smallest absolute Gasteiger partial charge is 0.274 e. The molecule has 0 radical (unpaired) electrons. The summed E-state index contributed by atoms with van der Waals surface area (Å²) in [5, 5.41) is 11.2. The van der Waals surface area contributed by atoms with Gasteiger partial charge in [0.05, 0.1) is 0 Å². The van der Waals surface area contributed by atoms with E-state index in [0.29, 0.717) is 17.7 Å². The van der Waals surface area contributed by atoms with Crippen molar-refractivity contribution in [3.05, 3.63) is 106 Å². The molecule has 0 spiro atoms. The van der Waals surface area contributed by atoms with Crippen LogP contribution in [0.25, 0.3) is 11.6 Å². The SMILES string of the molecule is O=C(NCc1ccc(C(=O)NO)cc1)/C(=C/c1c(F)cc(F)cc1F)c1ccc(F)cc1. The van der Waals surface area contributed by atoms with Crippen LogP contribution in [-0.4, -0.2) is 17.0 Å². The molecule has 164 valence electrons. The third kappa shape index (κ3) is 5.38. The predicted molar refractivity (Wildman–Crippen MR) is 108 cm³/mol. The van der Waals surface area contributed by atoms with Crippen molar-refractivity contribution in [2.24, 2.45) is 0 Å². The Hall–Kier alpha value is -3.98. The summed E-state index contributed by atoms with van der Waals surface area (Å²) in [5.41, 5.74) is 1.66. The van der Waals surface area contributed by atoms with E-state index in [2.05, 4.69) is 5.32 Å². The fraction of sp³-hybridized carbons (Fsp3) is 0.0435. The van der Waals surface area contributed by atoms with Crippen molar-refractivity contribution in [3.8, 4) is 0 Å². The van der Waals surface area contributed by atoms with E-state index in [1.165, 1.54) is 41.9 Å². The van der Waals surface area contributed by atoms with E-state index in [4.69, 9.17) is 5.21 Å². The highest BCUT2D eigenvalue weighted by Gasteiger charge is 2.17. The fourth-order valence-electron chi connectivity index (χ4n) is 2.86. The average Bonchev–Trinajstić information content (AvgIpc) is 2.77. The molecule has 0 aliphatic carbocycles. The van der Waals surface area contributed by atoms with E-state index in [-0.39, 0.29) is 23.2 Å². The summed E-state index contributed by atoms with van der Waals surface area (Å²) < 4.78 is 54.8. The number of hydroxylamine groups is 1. The van der Waals surface area contributed by atoms with Crippen molar-refractivity contribution in [3.63, 3.8) is 0 Å². The summed E-state index contributed by atoms with van der Waals surface area (Å²) in [7, 11) is 0. The Kier molecular flexibility index (Phi) is 7.01. The molecule has 0 aliphatic rings. The highest BCUT2D eigenvalue weighted by molar-refractivity contribution is 6.24. The van der Waals surface area contributed by atoms with Gasteiger partial charge < -0.3 is 5.32 Å². The highest BCUT2D eigenvalue weighted by Crippen LogP contribution is 2.24. The standard InChI is InChI=1S/C23H16F4N2O3/c24-16-7-5-14(6-8-16)18(11-19-20(26)9-17(25)10-21(19)27)23(31)28-12-13-1-3-15(4-2-13)22(30)29-32/h1-11,32H,12H2,(H,28,31)(H,29,30)/b18-11+. The number of hydrogen-bond donors (Lipinski definition) is 3. The Morgan fingerprint density at radius 3 is 1.94 bits per heavy atom. The molecule has 0 aliphatic heterocycles. The molecule has 0 saturated carbocycles. The van der Waals surface area contributed by atoms with Crippen LogP contribution in [0.3, 0.4) is 0 Å². The van der Waals surface area contributed by atoms with Gasteiger partial charge in [-0.2, -0.15) is 0 Å². The van der Waals surface area contributed by atoms with Crippen LogP contribution in [0.4, 0.5) is 17.6 Å². The molecule has 3 N–H and O–H groups in total. The first-order valence-corrected chi connectivity index (χ1v) is 9.22. The topological polar surface area (TPSA) is 78.4 Å². The third-order valence-corrected chi connectivity index (χ3v) is 4.50. The van der Waals surface area contributed by atoms with Crippen molar-refractivity contribution >= 4 is 23.5 Å². The Labute approximate surface area is 180 Å². The second-order valence-electron chi connectivity index (χ2n) is 6.67. The van der Waals surface area contributed by atoms with Gasteiger partial charge in [0, 0.05) is 35.4 Å². The summed E-state index contributed by atoms with van der Waals surface area (Å²) in [6.45, 7) is -0.00717. The van der Waals surface area contributed by atoms with E-state index in [1.807, 2.05) is 0 Å². The lowest BCUT2D eigenvalue weighted by Gasteiger charge is -2.11. The van der Waals surface area contributed by atoms with Crippen molar-refractivity contribution in [1.82, 2.24) is 10.8 Å². The molecule has 3 rings (SSSR count). The van der Waals surface area contributed by atoms with Gasteiger partial charge in [-0.25, -0.2) is 23.0 Å². The molecule has 0 unspecified atom stereocenters. The number of nitrogens with one attached hydrogen (secondary N) is 2. The van der Waals surface area contributed by atoms with Gasteiger partial charge in [0.25, 0.3) is 11.8 Å². The summed E-state index contributed by atoms with van der Waals surface area (Å²) in [4.78, 5) is 24.2. The maximum absolute atomic E-state index is 14.1. The molecule has 0 aromatic heterocycles. The molecule has 3 aromatic carbocycles. The fourth-order valence-corrected chi connectivity index (χ4v) is 2.86. The molecule has 5 nitrogen and oxygen atoms in total. The van der Waals surface area contributed by atoms with Gasteiger partial charge in [0.1, 0.15) is 23.3 Å². The average molecular weight is 444 g/mol. The molecule has 0 saturated heterocycles. The van der Waals surface area contributed by atoms with Gasteiger partial charge in [-0.15, -0.1) is 0 Å². The van der Waals surface area contributed by atoms with Gasteiger partial charge in [-0.05, 0) is 41.5 Å². The lowest BCUT2D eigenvalue weighted by molar-refractivity contribution is -0.115. The number of carbonyl (C=O) groups is 2. The van der Waals surface area contributed by atoms with Gasteiger partial charge >= 0.3 is 0 Å². The Morgan fingerprint density at radius 2 is 1.38 bits per heavy atom. The predicted octanol–water partition coefficient (Wildman–Crippen LogP) is 4.22. The van der Waals surface area contributed by atoms with E-state index < -0.39 is 40.6 Å². The van der Waals surface area contributed by atoms with Crippen LogP contribution < -0.4 is 10.8 Å². The van der Waals surface area contributed by atoms with Crippen LogP contribution in [0.2, 0.25) is 0 Å². The van der Waals surface area contributed by atoms with Gasteiger partial charge in [-0.1, -0.05) is 24.3 Å². The van der Waals surface area contributed by atoms with E-state index in [1.54, 1.807) is 0 Å². The lowest BCUT2D eigenvalue weighted by atomic mass is 10.0. The summed E-state index contributed by atoms with van der Waals surface area (Å²) >= 11 is 0. The zero-order valence-corrected chi connectivity index (χ0v) is 16.3. The number of carbonyl (C=O) groups excluding carboxylic acids is 2. The zero-order valence-electron chi connectivity index (χ0n) is 16.3. The molecule has 0 bridgehead atoms. The first-order valence-electron chi connectivity index (χ1n) is 9.22. The molecule has 9 heteroatoms. The Morgan fingerprint density at radius 1 is 0.812 bits per heavy atom. The van der Waals surface area contributed by atoms with Crippen LogP contribution >= 0.6 is 0 Å². The van der Waals surface area contributed by atoms with Crippen LogP contribution in [0.15, 0.2) is 60.7 Å². The molecule has 2 amide bonds. The zero-order chi connectivity index (χ0) is 23.3. The van der Waals surface area contributed by atoms with Crippen LogP contribution in [-0.2, 0) is 11.3 Å². The van der Waals surface area contributed by atoms with Gasteiger partial charge in [0.2, 0.25) is 0 Å². The lowest BCUT2D eigenvalue weighted by Crippen LogP contribution is -2.24. The van der Waals surface area contributed by atoms with Crippen molar-refractivity contribution in [2.45, 2.75) is 6.54 Å². The number of hydrogen-bond acceptors (Lipinski definition) is 3. The second-order valence-corrected chi connectivity index (χ2v) is 6.67. The minimum atomic E-state index is -1.20. The molecule has 0 atom stereocenters. The van der Waals surface area contributed by atoms with Crippen molar-refractivity contribution in [2.75, 3.05) is 0 Å². The second kappa shape index (κ2) is 9.88. The number of halogens is 4. The normalized spacial score (nSPS) is 11.2. The number of benzene rings is 3. The van der Waals surface area contributed by atoms with Gasteiger partial charge in [-0.3, -0.25) is 14.8 Å². The minimum absolute atomic E-state index is 0.00717. The summed E-state index contributed by atoms with van der Waals surface area (Å²) in [6.07, 6.45) is 0.918. The van der Waals surface area contributed by atoms with E-state index in [0.717, 1.165) is 18.2 Å². The molecule has 32 heavy (non-hydrogen) atoms. The first kappa shape index (κ1) is 22.7. The molecule has 0 fully saturated rings. The molecule has 3 aromatic rings. The summed E-state index contributed by atoms with van der Waals surface area (Å²) in [6, 6.07) is 11.6. The maximum atomic E-state index is 14.1. The minimum Gasteiger partial charge on any atom is -0.348 e. The van der Waals surface area contributed by atoms with Crippen LogP contribution in [0.5, 0.6) is 0 Å². The van der Waals surface area contributed by atoms with Crippen LogP contribution in [0, 0.1) is 23.3 Å². The first-order chi connectivity index (χ1) is 15.3. The largest absolute Gasteiger partial charge is 0.348 e. The third-order valence-electron chi connectivity index (χ3n) is 4.50. The quantitative estimate of drug-likeness (QED) is 0.175. The monoisotopic (exact) mass is 444 g/mol. The van der Waals surface area contributed by atoms with E-state index >= 15 is 0 Å². The Bertz CT molecular complexity index is 1150.